The lowest BCUT2D eigenvalue weighted by molar-refractivity contribution is 0.620. The Hall–Kier alpha value is -5.65. The molecule has 6 aromatic carbocycles. The molecule has 0 aliphatic carbocycles. The maximum absolute atomic E-state index is 6.24. The van der Waals surface area contributed by atoms with Crippen LogP contribution in [0.15, 0.2) is 144 Å². The highest BCUT2D eigenvalue weighted by atomic mass is 32.1. The van der Waals surface area contributed by atoms with Gasteiger partial charge in [0.2, 0.25) is 5.89 Å². The molecular weight excluding hydrogens is 559 g/mol. The first-order valence-corrected chi connectivity index (χ1v) is 15.3. The molecule has 44 heavy (non-hydrogen) atoms. The average Bonchev–Trinajstić information content (AvgIpc) is 3.74. The Morgan fingerprint density at radius 2 is 1.20 bits per heavy atom. The van der Waals surface area contributed by atoms with Gasteiger partial charge < -0.3 is 4.42 Å². The monoisotopic (exact) mass is 581 g/mol. The van der Waals surface area contributed by atoms with Crippen LogP contribution in [0, 0.1) is 0 Å². The lowest BCUT2D eigenvalue weighted by Crippen LogP contribution is -1.91. The molecule has 0 saturated carbocycles. The van der Waals surface area contributed by atoms with Crippen LogP contribution >= 0.6 is 11.3 Å². The van der Waals surface area contributed by atoms with Gasteiger partial charge in [-0.1, -0.05) is 91.0 Å². The van der Waals surface area contributed by atoms with E-state index < -0.39 is 0 Å². The number of fused-ring (bicyclic) bond motifs is 6. The van der Waals surface area contributed by atoms with Gasteiger partial charge in [-0.25, -0.2) is 15.0 Å². The van der Waals surface area contributed by atoms with Crippen molar-refractivity contribution in [3.8, 4) is 44.4 Å². The van der Waals surface area contributed by atoms with Gasteiger partial charge in [0.1, 0.15) is 10.5 Å². The number of aromatic nitrogens is 3. The van der Waals surface area contributed by atoms with Crippen molar-refractivity contribution < 1.29 is 4.42 Å². The average molecular weight is 582 g/mol. The summed E-state index contributed by atoms with van der Waals surface area (Å²) in [5, 5.41) is 4.20. The molecule has 4 nitrogen and oxygen atoms in total. The third-order valence-electron chi connectivity index (χ3n) is 8.14. The van der Waals surface area contributed by atoms with Crippen LogP contribution in [-0.4, -0.2) is 15.0 Å². The molecular formula is C39H23N3OS. The lowest BCUT2D eigenvalue weighted by Gasteiger charge is -2.11. The smallest absolute Gasteiger partial charge is 0.227 e. The van der Waals surface area contributed by atoms with Crippen LogP contribution in [0.25, 0.3) is 87.4 Å². The van der Waals surface area contributed by atoms with Crippen molar-refractivity contribution in [3.63, 3.8) is 0 Å². The molecule has 9 aromatic rings. The summed E-state index contributed by atoms with van der Waals surface area (Å²) in [6.45, 7) is 0. The zero-order valence-corrected chi connectivity index (χ0v) is 24.3. The fourth-order valence-electron chi connectivity index (χ4n) is 6.00. The van der Waals surface area contributed by atoms with Gasteiger partial charge in [-0.2, -0.15) is 0 Å². The highest BCUT2D eigenvalue weighted by Gasteiger charge is 2.17. The SMILES string of the molecule is c1ccc(-c2nc3c(ccc4c(-c5ccc(-c6cccc(-c7nc8ccccc8s7)c6)cc5)nc5ccccc5c43)o2)cc1. The molecule has 3 heterocycles. The summed E-state index contributed by atoms with van der Waals surface area (Å²) < 4.78 is 7.45. The first-order chi connectivity index (χ1) is 21.8. The first kappa shape index (κ1) is 24.9. The van der Waals surface area contributed by atoms with E-state index in [4.69, 9.17) is 19.4 Å². The van der Waals surface area contributed by atoms with E-state index in [1.54, 1.807) is 11.3 Å². The van der Waals surface area contributed by atoms with Crippen LogP contribution in [0.3, 0.4) is 0 Å². The van der Waals surface area contributed by atoms with Crippen molar-refractivity contribution in [2.75, 3.05) is 0 Å². The number of hydrogen-bond acceptors (Lipinski definition) is 5. The van der Waals surface area contributed by atoms with E-state index >= 15 is 0 Å². The second kappa shape index (κ2) is 9.97. The molecule has 3 aromatic heterocycles. The Morgan fingerprint density at radius 3 is 2.07 bits per heavy atom. The number of hydrogen-bond donors (Lipinski definition) is 0. The molecule has 0 amide bonds. The van der Waals surface area contributed by atoms with Gasteiger partial charge in [-0.3, -0.25) is 0 Å². The van der Waals surface area contributed by atoms with Crippen molar-refractivity contribution in [2.45, 2.75) is 0 Å². The number of rotatable bonds is 4. The van der Waals surface area contributed by atoms with Gasteiger partial charge in [0.15, 0.2) is 5.58 Å². The fourth-order valence-corrected chi connectivity index (χ4v) is 6.96. The number of oxazole rings is 1. The number of para-hydroxylation sites is 2. The second-order valence-corrected chi connectivity index (χ2v) is 11.9. The van der Waals surface area contributed by atoms with Crippen LogP contribution < -0.4 is 0 Å². The minimum absolute atomic E-state index is 0.618. The van der Waals surface area contributed by atoms with Gasteiger partial charge in [0.05, 0.1) is 21.4 Å². The fraction of sp³-hybridized carbons (Fsp3) is 0. The highest BCUT2D eigenvalue weighted by Crippen LogP contribution is 2.39. The van der Waals surface area contributed by atoms with Crippen molar-refractivity contribution in [1.29, 1.82) is 0 Å². The molecule has 9 rings (SSSR count). The molecule has 0 radical (unpaired) electrons. The van der Waals surface area contributed by atoms with Crippen molar-refractivity contribution in [2.24, 2.45) is 0 Å². The molecule has 0 atom stereocenters. The van der Waals surface area contributed by atoms with Gasteiger partial charge in [-0.05, 0) is 59.7 Å². The number of benzene rings is 6. The zero-order chi connectivity index (χ0) is 29.0. The molecule has 0 fully saturated rings. The molecule has 0 saturated heterocycles. The van der Waals surface area contributed by atoms with Gasteiger partial charge in [-0.15, -0.1) is 11.3 Å². The molecule has 206 valence electrons. The van der Waals surface area contributed by atoms with Gasteiger partial charge in [0.25, 0.3) is 0 Å². The lowest BCUT2D eigenvalue weighted by atomic mass is 9.97. The molecule has 0 aliphatic rings. The predicted molar refractivity (Wildman–Crippen MR) is 182 cm³/mol. The predicted octanol–water partition coefficient (Wildman–Crippen LogP) is 10.8. The third-order valence-corrected chi connectivity index (χ3v) is 9.22. The summed E-state index contributed by atoms with van der Waals surface area (Å²) in [6, 6.07) is 48.0. The van der Waals surface area contributed by atoms with Gasteiger partial charge >= 0.3 is 0 Å². The Bertz CT molecular complexity index is 2460. The summed E-state index contributed by atoms with van der Waals surface area (Å²) in [7, 11) is 0. The van der Waals surface area contributed by atoms with Crippen LogP contribution in [0.4, 0.5) is 0 Å². The standard InChI is InChI=1S/C39H23N3OS/c1-2-9-26(10-3-1)38-42-37-33(43-38)22-21-30-35(37)29-13-4-5-14-31(29)40-36(30)25-19-17-24(18-20-25)27-11-8-12-28(23-27)39-41-32-15-6-7-16-34(32)44-39/h1-23H. The summed E-state index contributed by atoms with van der Waals surface area (Å²) in [5.41, 5.74) is 9.95. The summed E-state index contributed by atoms with van der Waals surface area (Å²) in [5.74, 6) is 0.618. The Labute approximate surface area is 256 Å². The van der Waals surface area contributed by atoms with E-state index in [0.29, 0.717) is 5.89 Å². The Kier molecular flexibility index (Phi) is 5.64. The minimum Gasteiger partial charge on any atom is -0.436 e. The number of pyridine rings is 1. The Balaban J connectivity index is 1.15. The van der Waals surface area contributed by atoms with Crippen molar-refractivity contribution in [3.05, 3.63) is 140 Å². The topological polar surface area (TPSA) is 51.8 Å². The van der Waals surface area contributed by atoms with E-state index in [9.17, 15) is 0 Å². The minimum atomic E-state index is 0.618. The Morgan fingerprint density at radius 1 is 0.477 bits per heavy atom. The quantitative estimate of drug-likeness (QED) is 0.194. The van der Waals surface area contributed by atoms with E-state index in [2.05, 4.69) is 91.0 Å². The van der Waals surface area contributed by atoms with E-state index in [1.807, 2.05) is 48.5 Å². The van der Waals surface area contributed by atoms with E-state index in [0.717, 1.165) is 76.8 Å². The second-order valence-electron chi connectivity index (χ2n) is 10.8. The third kappa shape index (κ3) is 4.09. The summed E-state index contributed by atoms with van der Waals surface area (Å²) in [6.07, 6.45) is 0. The van der Waals surface area contributed by atoms with Crippen LogP contribution in [-0.2, 0) is 0 Å². The molecule has 5 heteroatoms. The first-order valence-electron chi connectivity index (χ1n) is 14.5. The van der Waals surface area contributed by atoms with Crippen LogP contribution in [0.2, 0.25) is 0 Å². The summed E-state index contributed by atoms with van der Waals surface area (Å²) >= 11 is 1.73. The molecule has 0 spiro atoms. The van der Waals surface area contributed by atoms with Crippen molar-refractivity contribution in [1.82, 2.24) is 15.0 Å². The number of thiazole rings is 1. The maximum Gasteiger partial charge on any atom is 0.227 e. The molecule has 0 aliphatic heterocycles. The molecule has 0 bridgehead atoms. The van der Waals surface area contributed by atoms with E-state index in [-0.39, 0.29) is 0 Å². The molecule has 0 N–H and O–H groups in total. The maximum atomic E-state index is 6.24. The number of nitrogens with zero attached hydrogens (tertiary/aromatic N) is 3. The summed E-state index contributed by atoms with van der Waals surface area (Å²) in [4.78, 5) is 15.0. The largest absolute Gasteiger partial charge is 0.436 e. The normalized spacial score (nSPS) is 11.6. The van der Waals surface area contributed by atoms with E-state index in [1.165, 1.54) is 4.70 Å². The highest BCUT2D eigenvalue weighted by molar-refractivity contribution is 7.21. The van der Waals surface area contributed by atoms with Crippen LogP contribution in [0.1, 0.15) is 0 Å². The van der Waals surface area contributed by atoms with Gasteiger partial charge in [0, 0.05) is 32.8 Å². The van der Waals surface area contributed by atoms with Crippen molar-refractivity contribution >= 4 is 54.3 Å². The molecule has 0 unspecified atom stereocenters. The van der Waals surface area contributed by atoms with Crippen LogP contribution in [0.5, 0.6) is 0 Å². The zero-order valence-electron chi connectivity index (χ0n) is 23.4.